The number of rotatable bonds is 10. The van der Waals surface area contributed by atoms with Gasteiger partial charge >= 0.3 is 0 Å². The molecule has 0 unspecified atom stereocenters. The molecule has 1 aromatic heterocycles. The summed E-state index contributed by atoms with van der Waals surface area (Å²) in [6.07, 6.45) is 1.33. The molecule has 7 heteroatoms. The molecule has 0 aliphatic carbocycles. The first-order valence-corrected chi connectivity index (χ1v) is 11.3. The number of hydrogen-bond acceptors (Lipinski definition) is 4. The van der Waals surface area contributed by atoms with Crippen molar-refractivity contribution in [3.63, 3.8) is 0 Å². The molecule has 1 heterocycles. The van der Waals surface area contributed by atoms with Crippen molar-refractivity contribution in [2.24, 2.45) is 0 Å². The fourth-order valence-corrected chi connectivity index (χ4v) is 3.72. The number of aromatic nitrogens is 2. The number of likely N-dealkylation sites (N-methyl/N-ethyl adjacent to an activating group) is 1. The summed E-state index contributed by atoms with van der Waals surface area (Å²) in [5.41, 5.74) is 2.62. The molecule has 0 aliphatic heterocycles. The fraction of sp³-hybridized carbons (Fsp3) is 0.222. The Morgan fingerprint density at radius 3 is 2.38 bits per heavy atom. The van der Waals surface area contributed by atoms with Gasteiger partial charge in [0, 0.05) is 25.7 Å². The van der Waals surface area contributed by atoms with Crippen LogP contribution >= 0.6 is 0 Å². The molecule has 0 aliphatic rings. The smallest absolute Gasteiger partial charge is 0.257 e. The van der Waals surface area contributed by atoms with Gasteiger partial charge in [0.15, 0.2) is 6.61 Å². The minimum atomic E-state index is -0.169. The van der Waals surface area contributed by atoms with E-state index < -0.39 is 0 Å². The second-order valence-corrected chi connectivity index (χ2v) is 7.95. The minimum absolute atomic E-state index is 0.0250. The lowest BCUT2D eigenvalue weighted by atomic mass is 10.2. The molecule has 0 radical (unpaired) electrons. The number of para-hydroxylation sites is 4. The molecule has 0 fully saturated rings. The van der Waals surface area contributed by atoms with Crippen molar-refractivity contribution in [3.05, 3.63) is 90.8 Å². The largest absolute Gasteiger partial charge is 0.484 e. The number of amides is 2. The zero-order valence-electron chi connectivity index (χ0n) is 19.2. The third-order valence-electron chi connectivity index (χ3n) is 5.56. The molecule has 3 aromatic carbocycles. The van der Waals surface area contributed by atoms with Crippen LogP contribution in [-0.4, -0.2) is 41.6 Å². The molecule has 0 saturated heterocycles. The van der Waals surface area contributed by atoms with Crippen molar-refractivity contribution in [2.45, 2.75) is 19.4 Å². The van der Waals surface area contributed by atoms with Crippen LogP contribution in [-0.2, 0) is 22.6 Å². The van der Waals surface area contributed by atoms with Gasteiger partial charge in [-0.3, -0.25) is 9.59 Å². The number of ether oxygens (including phenoxy) is 1. The number of carbonyl (C=O) groups is 2. The third-order valence-corrected chi connectivity index (χ3v) is 5.56. The third kappa shape index (κ3) is 5.81. The van der Waals surface area contributed by atoms with Crippen molar-refractivity contribution >= 4 is 28.5 Å². The Hall–Kier alpha value is -4.13. The summed E-state index contributed by atoms with van der Waals surface area (Å²) in [6.45, 7) is 0.666. The zero-order valence-corrected chi connectivity index (χ0v) is 19.2. The summed E-state index contributed by atoms with van der Waals surface area (Å²) in [5.74, 6) is 1.29. The number of aryl methyl sites for hydroxylation is 1. The number of nitrogens with one attached hydrogen (secondary N) is 1. The summed E-state index contributed by atoms with van der Waals surface area (Å²) in [4.78, 5) is 31.5. The normalized spacial score (nSPS) is 10.7. The van der Waals surface area contributed by atoms with Gasteiger partial charge in [0.05, 0.1) is 11.0 Å². The average molecular weight is 457 g/mol. The highest BCUT2D eigenvalue weighted by Gasteiger charge is 2.17. The van der Waals surface area contributed by atoms with E-state index >= 15 is 0 Å². The van der Waals surface area contributed by atoms with E-state index in [0.29, 0.717) is 25.1 Å². The molecule has 0 bridgehead atoms. The molecule has 0 atom stereocenters. The Labute approximate surface area is 199 Å². The lowest BCUT2D eigenvalue weighted by molar-refractivity contribution is -0.123. The minimum Gasteiger partial charge on any atom is -0.484 e. The van der Waals surface area contributed by atoms with Crippen molar-refractivity contribution in [1.29, 1.82) is 0 Å². The van der Waals surface area contributed by atoms with E-state index in [1.807, 2.05) is 89.5 Å². The van der Waals surface area contributed by atoms with Crippen molar-refractivity contribution in [1.82, 2.24) is 14.9 Å². The first-order chi connectivity index (χ1) is 16.6. The summed E-state index contributed by atoms with van der Waals surface area (Å²) in [6, 6.07) is 26.6. The van der Waals surface area contributed by atoms with Crippen LogP contribution in [0.1, 0.15) is 12.2 Å². The van der Waals surface area contributed by atoms with Gasteiger partial charge in [-0.25, -0.2) is 4.98 Å². The number of hydrogen-bond donors (Lipinski definition) is 1. The molecule has 34 heavy (non-hydrogen) atoms. The van der Waals surface area contributed by atoms with Gasteiger partial charge in [0.2, 0.25) is 5.91 Å². The second kappa shape index (κ2) is 11.1. The van der Waals surface area contributed by atoms with Crippen LogP contribution < -0.4 is 15.0 Å². The van der Waals surface area contributed by atoms with E-state index in [1.165, 1.54) is 0 Å². The van der Waals surface area contributed by atoms with Crippen LogP contribution in [0.5, 0.6) is 5.75 Å². The number of nitrogens with zero attached hydrogens (tertiary/aromatic N) is 3. The monoisotopic (exact) mass is 456 g/mol. The summed E-state index contributed by atoms with van der Waals surface area (Å²) >= 11 is 0. The zero-order chi connectivity index (χ0) is 23.8. The van der Waals surface area contributed by atoms with Gasteiger partial charge in [0.25, 0.3) is 5.91 Å². The van der Waals surface area contributed by atoms with Gasteiger partial charge in [0.1, 0.15) is 18.1 Å². The van der Waals surface area contributed by atoms with Crippen molar-refractivity contribution in [3.8, 4) is 5.75 Å². The summed E-state index contributed by atoms with van der Waals surface area (Å²) in [5, 5.41) is 2.88. The van der Waals surface area contributed by atoms with Gasteiger partial charge in [-0.05, 0) is 42.8 Å². The molecule has 4 rings (SSSR count). The van der Waals surface area contributed by atoms with Gasteiger partial charge in [-0.1, -0.05) is 48.5 Å². The van der Waals surface area contributed by atoms with Crippen LogP contribution in [0.25, 0.3) is 11.0 Å². The number of benzene rings is 3. The highest BCUT2D eigenvalue weighted by atomic mass is 16.5. The Morgan fingerprint density at radius 2 is 1.62 bits per heavy atom. The summed E-state index contributed by atoms with van der Waals surface area (Å²) < 4.78 is 7.44. The second-order valence-electron chi connectivity index (χ2n) is 7.95. The Morgan fingerprint density at radius 1 is 0.941 bits per heavy atom. The number of imidazole rings is 1. The van der Waals surface area contributed by atoms with Gasteiger partial charge in [-0.2, -0.15) is 0 Å². The SMILES string of the molecule is CN(C(=O)Cn1c(CCCNC(=O)COc2ccccc2)nc2ccccc21)c1ccccc1. The molecule has 1 N–H and O–H groups in total. The molecular formula is C27H28N4O3. The quantitative estimate of drug-likeness (QED) is 0.368. The van der Waals surface area contributed by atoms with Crippen LogP contribution in [0.4, 0.5) is 5.69 Å². The first kappa shape index (κ1) is 23.0. The number of carbonyl (C=O) groups excluding carboxylic acids is 2. The van der Waals surface area contributed by atoms with Crippen LogP contribution in [0, 0.1) is 0 Å². The van der Waals surface area contributed by atoms with Crippen LogP contribution in [0.3, 0.4) is 0 Å². The lowest BCUT2D eigenvalue weighted by Crippen LogP contribution is -2.31. The molecule has 4 aromatic rings. The lowest BCUT2D eigenvalue weighted by Gasteiger charge is -2.18. The van der Waals surface area contributed by atoms with E-state index in [9.17, 15) is 9.59 Å². The molecule has 0 saturated carbocycles. The van der Waals surface area contributed by atoms with E-state index in [4.69, 9.17) is 9.72 Å². The summed E-state index contributed by atoms with van der Waals surface area (Å²) in [7, 11) is 1.78. The van der Waals surface area contributed by atoms with Crippen LogP contribution in [0.2, 0.25) is 0 Å². The first-order valence-electron chi connectivity index (χ1n) is 11.3. The molecule has 0 spiro atoms. The van der Waals surface area contributed by atoms with Gasteiger partial charge in [-0.15, -0.1) is 0 Å². The van der Waals surface area contributed by atoms with Crippen molar-refractivity contribution in [2.75, 3.05) is 25.1 Å². The van der Waals surface area contributed by atoms with E-state index in [2.05, 4.69) is 5.32 Å². The number of fused-ring (bicyclic) bond motifs is 1. The Balaban J connectivity index is 1.35. The predicted molar refractivity (Wildman–Crippen MR) is 133 cm³/mol. The van der Waals surface area contributed by atoms with Crippen molar-refractivity contribution < 1.29 is 14.3 Å². The maximum absolute atomic E-state index is 13.0. The molecule has 174 valence electrons. The van der Waals surface area contributed by atoms with E-state index in [1.54, 1.807) is 11.9 Å². The van der Waals surface area contributed by atoms with E-state index in [-0.39, 0.29) is 25.0 Å². The maximum atomic E-state index is 13.0. The molecular weight excluding hydrogens is 428 g/mol. The number of anilines is 1. The van der Waals surface area contributed by atoms with Gasteiger partial charge < -0.3 is 19.5 Å². The molecule has 7 nitrogen and oxygen atoms in total. The van der Waals surface area contributed by atoms with E-state index in [0.717, 1.165) is 22.5 Å². The Kier molecular flexibility index (Phi) is 7.55. The predicted octanol–water partition coefficient (Wildman–Crippen LogP) is 3.83. The topological polar surface area (TPSA) is 76.5 Å². The highest BCUT2D eigenvalue weighted by Crippen LogP contribution is 2.19. The fourth-order valence-electron chi connectivity index (χ4n) is 3.72. The average Bonchev–Trinajstić information content (AvgIpc) is 3.23. The van der Waals surface area contributed by atoms with Crippen LogP contribution in [0.15, 0.2) is 84.9 Å². The maximum Gasteiger partial charge on any atom is 0.257 e. The highest BCUT2D eigenvalue weighted by molar-refractivity contribution is 5.93. The molecule has 2 amide bonds. The standard InChI is InChI=1S/C27H28N4O3/c1-30(21-11-4-2-5-12-21)27(33)19-31-24-16-9-8-15-23(24)29-25(31)17-10-18-28-26(32)20-34-22-13-6-3-7-14-22/h2-9,11-16H,10,17-20H2,1H3,(H,28,32). The Bertz CT molecular complexity index is 1240.